The van der Waals surface area contributed by atoms with Crippen LogP contribution in [0.3, 0.4) is 0 Å². The molecule has 0 saturated heterocycles. The van der Waals surface area contributed by atoms with E-state index in [0.717, 1.165) is 33.5 Å². The van der Waals surface area contributed by atoms with Crippen molar-refractivity contribution in [3.63, 3.8) is 0 Å². The molecular formula is C39H27N4+. The summed E-state index contributed by atoms with van der Waals surface area (Å²) < 4.78 is 2.05. The Morgan fingerprint density at radius 1 is 0.605 bits per heavy atom. The topological polar surface area (TPSA) is 58.3 Å². The standard InChI is InChI=1S/C39H26N4/c40-23-31-35(42-25-11-3-1-4-12-25)21-19-29-27-15-7-9-17-33(27)39(37(29)31)34-18-10-8-16-28(34)30-20-22-36-32(38(30)39)24-41-43(36)26-13-5-2-6-14-26/h1-24,40,42H/p+1. The zero-order chi connectivity index (χ0) is 28.5. The lowest BCUT2D eigenvalue weighted by Crippen LogP contribution is -2.71. The fourth-order valence-electron chi connectivity index (χ4n) is 7.68. The van der Waals surface area contributed by atoms with Gasteiger partial charge in [-0.15, -0.1) is 0 Å². The molecule has 0 radical (unpaired) electrons. The molecule has 0 bridgehead atoms. The second-order valence-electron chi connectivity index (χ2n) is 11.3. The van der Waals surface area contributed by atoms with E-state index in [4.69, 9.17) is 10.5 Å². The normalized spacial score (nSPS) is 15.7. The van der Waals surface area contributed by atoms with E-state index in [2.05, 4.69) is 127 Å². The highest BCUT2D eigenvalue weighted by Crippen LogP contribution is 2.65. The van der Waals surface area contributed by atoms with Gasteiger partial charge in [-0.1, -0.05) is 91.0 Å². The summed E-state index contributed by atoms with van der Waals surface area (Å²) in [6.45, 7) is 0. The van der Waals surface area contributed by atoms with Crippen molar-refractivity contribution < 1.29 is 5.32 Å². The van der Waals surface area contributed by atoms with Crippen LogP contribution in [0.15, 0.2) is 140 Å². The summed E-state index contributed by atoms with van der Waals surface area (Å²) in [5.74, 6) is 0. The molecule has 0 fully saturated rings. The summed E-state index contributed by atoms with van der Waals surface area (Å²) in [4.78, 5) is 0. The number of rotatable bonds is 4. The van der Waals surface area contributed by atoms with E-state index < -0.39 is 5.41 Å². The third-order valence-corrected chi connectivity index (χ3v) is 9.29. The van der Waals surface area contributed by atoms with Crippen LogP contribution < -0.4 is 5.32 Å². The first kappa shape index (κ1) is 24.1. The molecule has 9 rings (SSSR count). The van der Waals surface area contributed by atoms with Gasteiger partial charge in [0.2, 0.25) is 0 Å². The van der Waals surface area contributed by atoms with E-state index in [1.165, 1.54) is 44.5 Å². The quantitative estimate of drug-likeness (QED) is 0.170. The maximum atomic E-state index is 8.86. The molecule has 0 amide bonds. The zero-order valence-electron chi connectivity index (χ0n) is 23.3. The van der Waals surface area contributed by atoms with Gasteiger partial charge in [0.1, 0.15) is 11.4 Å². The number of nitrogens with one attached hydrogen (secondary N) is 1. The lowest BCUT2D eigenvalue weighted by atomic mass is 9.68. The minimum absolute atomic E-state index is 0.588. The first-order chi connectivity index (χ1) is 21.3. The number of hydrogen-bond donors (Lipinski definition) is 2. The number of para-hydroxylation sites is 2. The summed E-state index contributed by atoms with van der Waals surface area (Å²) in [6, 6.07) is 47.3. The van der Waals surface area contributed by atoms with Crippen molar-refractivity contribution in [2.24, 2.45) is 0 Å². The van der Waals surface area contributed by atoms with E-state index in [0.29, 0.717) is 0 Å². The highest BCUT2D eigenvalue weighted by atomic mass is 15.3. The third-order valence-electron chi connectivity index (χ3n) is 9.29. The SMILES string of the molecule is N=Cc1c([NH2+]c2ccccc2)ccc2c1C1(c3ccccc3-2)c2ccccc2-c2ccc3c(cnn3-c3ccccc3)c21. The molecule has 1 unspecified atom stereocenters. The van der Waals surface area contributed by atoms with Crippen molar-refractivity contribution >= 4 is 28.5 Å². The molecule has 0 saturated carbocycles. The summed E-state index contributed by atoms with van der Waals surface area (Å²) in [6.07, 6.45) is 3.61. The van der Waals surface area contributed by atoms with Crippen molar-refractivity contribution in [2.75, 3.05) is 0 Å². The Bertz CT molecular complexity index is 2220. The maximum Gasteiger partial charge on any atom is 0.143 e. The second-order valence-corrected chi connectivity index (χ2v) is 11.3. The predicted molar refractivity (Wildman–Crippen MR) is 173 cm³/mol. The average Bonchev–Trinajstić information content (AvgIpc) is 3.72. The maximum absolute atomic E-state index is 8.86. The van der Waals surface area contributed by atoms with Crippen molar-refractivity contribution in [3.8, 4) is 27.9 Å². The van der Waals surface area contributed by atoms with Crippen LogP contribution in [-0.4, -0.2) is 16.0 Å². The number of aromatic nitrogens is 2. The molecule has 1 atom stereocenters. The van der Waals surface area contributed by atoms with Crippen LogP contribution in [0.5, 0.6) is 0 Å². The van der Waals surface area contributed by atoms with Gasteiger partial charge >= 0.3 is 0 Å². The molecule has 43 heavy (non-hydrogen) atoms. The minimum atomic E-state index is -0.588. The molecule has 7 aromatic rings. The van der Waals surface area contributed by atoms with E-state index >= 15 is 0 Å². The fraction of sp³-hybridized carbons (Fsp3) is 0.0256. The highest BCUT2D eigenvalue weighted by Gasteiger charge is 2.54. The first-order valence-electron chi connectivity index (χ1n) is 14.6. The molecule has 3 N–H and O–H groups in total. The zero-order valence-corrected chi connectivity index (χ0v) is 23.3. The van der Waals surface area contributed by atoms with Gasteiger partial charge in [-0.25, -0.2) is 4.68 Å². The van der Waals surface area contributed by atoms with Gasteiger partial charge in [0.15, 0.2) is 0 Å². The number of nitrogens with two attached hydrogens (primary N) is 1. The number of nitrogens with zero attached hydrogens (tertiary/aromatic N) is 2. The first-order valence-corrected chi connectivity index (χ1v) is 14.6. The predicted octanol–water partition coefficient (Wildman–Crippen LogP) is 7.89. The van der Waals surface area contributed by atoms with Gasteiger partial charge in [0.05, 0.1) is 28.4 Å². The Morgan fingerprint density at radius 2 is 1.21 bits per heavy atom. The summed E-state index contributed by atoms with van der Waals surface area (Å²) in [5.41, 5.74) is 14.5. The Kier molecular flexibility index (Phi) is 5.01. The van der Waals surface area contributed by atoms with Crippen molar-refractivity contribution in [1.82, 2.24) is 9.78 Å². The summed E-state index contributed by atoms with van der Waals surface area (Å²) in [5, 5.41) is 17.1. The van der Waals surface area contributed by atoms with E-state index in [9.17, 15) is 0 Å². The number of fused-ring (bicyclic) bond motifs is 12. The van der Waals surface area contributed by atoms with Crippen LogP contribution in [0, 0.1) is 5.41 Å². The molecule has 2 aliphatic carbocycles. The molecule has 1 heterocycles. The Hall–Kier alpha value is -5.58. The number of hydrogen-bond acceptors (Lipinski definition) is 2. The lowest BCUT2D eigenvalue weighted by Gasteiger charge is -2.32. The Morgan fingerprint density at radius 3 is 1.91 bits per heavy atom. The summed E-state index contributed by atoms with van der Waals surface area (Å²) in [7, 11) is 0. The molecule has 4 nitrogen and oxygen atoms in total. The van der Waals surface area contributed by atoms with Crippen molar-refractivity contribution in [1.29, 1.82) is 5.41 Å². The van der Waals surface area contributed by atoms with Gasteiger partial charge in [-0.3, -0.25) is 5.32 Å². The van der Waals surface area contributed by atoms with Crippen LogP contribution in [0.2, 0.25) is 0 Å². The van der Waals surface area contributed by atoms with Gasteiger partial charge in [0.25, 0.3) is 0 Å². The Labute approximate surface area is 249 Å². The Balaban J connectivity index is 1.43. The van der Waals surface area contributed by atoms with E-state index in [1.54, 1.807) is 6.21 Å². The molecule has 6 aromatic carbocycles. The molecule has 1 aromatic heterocycles. The number of benzene rings is 6. The van der Waals surface area contributed by atoms with Gasteiger partial charge in [-0.2, -0.15) is 5.10 Å². The monoisotopic (exact) mass is 551 g/mol. The molecular weight excluding hydrogens is 524 g/mol. The van der Waals surface area contributed by atoms with Crippen LogP contribution in [0.4, 0.5) is 11.4 Å². The van der Waals surface area contributed by atoms with Crippen LogP contribution >= 0.6 is 0 Å². The van der Waals surface area contributed by atoms with Gasteiger partial charge in [0, 0.05) is 17.7 Å². The average molecular weight is 552 g/mol. The van der Waals surface area contributed by atoms with E-state index in [1.807, 2.05) is 23.0 Å². The van der Waals surface area contributed by atoms with Gasteiger partial charge in [-0.05, 0) is 80.9 Å². The molecule has 4 heteroatoms. The molecule has 2 aliphatic rings. The van der Waals surface area contributed by atoms with Crippen LogP contribution in [-0.2, 0) is 5.41 Å². The molecule has 202 valence electrons. The van der Waals surface area contributed by atoms with Crippen molar-refractivity contribution in [2.45, 2.75) is 5.41 Å². The fourth-order valence-corrected chi connectivity index (χ4v) is 7.68. The largest absolute Gasteiger partial charge is 0.308 e. The van der Waals surface area contributed by atoms with Crippen LogP contribution in [0.1, 0.15) is 27.8 Å². The van der Waals surface area contributed by atoms with Crippen molar-refractivity contribution in [3.05, 3.63) is 167 Å². The van der Waals surface area contributed by atoms with Gasteiger partial charge < -0.3 is 5.41 Å². The van der Waals surface area contributed by atoms with E-state index in [-0.39, 0.29) is 0 Å². The molecule has 0 aliphatic heterocycles. The third kappa shape index (κ3) is 3.13. The minimum Gasteiger partial charge on any atom is -0.308 e. The smallest absolute Gasteiger partial charge is 0.143 e. The molecule has 1 spiro atoms. The van der Waals surface area contributed by atoms with Crippen LogP contribution in [0.25, 0.3) is 38.8 Å². The highest BCUT2D eigenvalue weighted by molar-refractivity contribution is 6.06. The number of quaternary nitrogens is 1. The second kappa shape index (κ2) is 8.96. The lowest BCUT2D eigenvalue weighted by molar-refractivity contribution is -0.478. The summed E-state index contributed by atoms with van der Waals surface area (Å²) >= 11 is 0.